The van der Waals surface area contributed by atoms with Crippen LogP contribution < -0.4 is 16.2 Å². The molecule has 0 bridgehead atoms. The summed E-state index contributed by atoms with van der Waals surface area (Å²) in [4.78, 5) is 23.1. The van der Waals surface area contributed by atoms with E-state index in [2.05, 4.69) is 16.2 Å². The maximum absolute atomic E-state index is 13.4. The fraction of sp³-hybridized carbons (Fsp3) is 0.0667. The maximum Gasteiger partial charge on any atom is 0.337 e. The van der Waals surface area contributed by atoms with Crippen LogP contribution in [-0.2, 0) is 11.2 Å². The third kappa shape index (κ3) is 4.55. The summed E-state index contributed by atoms with van der Waals surface area (Å²) in [5, 5.41) is 2.39. The molecule has 0 saturated heterocycles. The molecular formula is C15H13F2N3O2. The van der Waals surface area contributed by atoms with Crippen molar-refractivity contribution in [1.29, 1.82) is 0 Å². The number of hydrogen-bond acceptors (Lipinski definition) is 2. The zero-order valence-corrected chi connectivity index (χ0v) is 11.4. The Bertz CT molecular complexity index is 675. The van der Waals surface area contributed by atoms with E-state index in [1.54, 1.807) is 6.07 Å². The summed E-state index contributed by atoms with van der Waals surface area (Å²) in [7, 11) is 0. The first-order chi connectivity index (χ1) is 10.5. The van der Waals surface area contributed by atoms with Crippen LogP contribution in [0.15, 0.2) is 48.5 Å². The second-order valence-electron chi connectivity index (χ2n) is 4.40. The van der Waals surface area contributed by atoms with E-state index in [-0.39, 0.29) is 12.0 Å². The summed E-state index contributed by atoms with van der Waals surface area (Å²) in [5.41, 5.74) is 4.85. The van der Waals surface area contributed by atoms with Gasteiger partial charge in [-0.15, -0.1) is 0 Å². The zero-order valence-electron chi connectivity index (χ0n) is 11.4. The molecule has 2 aromatic rings. The summed E-state index contributed by atoms with van der Waals surface area (Å²) < 4.78 is 26.1. The first-order valence-corrected chi connectivity index (χ1v) is 6.39. The average Bonchev–Trinajstić information content (AvgIpc) is 2.50. The summed E-state index contributed by atoms with van der Waals surface area (Å²) in [5.74, 6) is -1.49. The number of benzene rings is 2. The second-order valence-corrected chi connectivity index (χ2v) is 4.40. The van der Waals surface area contributed by atoms with Gasteiger partial charge in [-0.2, -0.15) is 0 Å². The predicted octanol–water partition coefficient (Wildman–Crippen LogP) is 2.36. The number of nitrogens with one attached hydrogen (secondary N) is 3. The van der Waals surface area contributed by atoms with Crippen LogP contribution >= 0.6 is 0 Å². The molecule has 0 radical (unpaired) electrons. The number of amides is 3. The Labute approximate surface area is 125 Å². The van der Waals surface area contributed by atoms with Gasteiger partial charge in [0.05, 0.1) is 6.42 Å². The fourth-order valence-corrected chi connectivity index (χ4v) is 1.68. The first kappa shape index (κ1) is 15.4. The van der Waals surface area contributed by atoms with Gasteiger partial charge in [-0.3, -0.25) is 10.2 Å². The van der Waals surface area contributed by atoms with Crippen molar-refractivity contribution in [2.75, 3.05) is 5.32 Å². The second kappa shape index (κ2) is 7.16. The molecule has 2 aromatic carbocycles. The number of urea groups is 1. The predicted molar refractivity (Wildman–Crippen MR) is 76.8 cm³/mol. The van der Waals surface area contributed by atoms with Crippen LogP contribution in [-0.4, -0.2) is 11.9 Å². The van der Waals surface area contributed by atoms with E-state index >= 15 is 0 Å². The molecule has 0 aliphatic rings. The molecule has 7 heteroatoms. The lowest BCUT2D eigenvalue weighted by Crippen LogP contribution is -2.44. The van der Waals surface area contributed by atoms with Crippen molar-refractivity contribution in [3.8, 4) is 0 Å². The lowest BCUT2D eigenvalue weighted by molar-refractivity contribution is -0.121. The Morgan fingerprint density at radius 1 is 0.909 bits per heavy atom. The van der Waals surface area contributed by atoms with E-state index in [1.165, 1.54) is 42.5 Å². The fourth-order valence-electron chi connectivity index (χ4n) is 1.68. The standard InChI is InChI=1S/C15H13F2N3O2/c16-11-5-7-12(8-6-11)18-15(22)20-19-14(21)9-10-3-1-2-4-13(10)17/h1-8H,9H2,(H,19,21)(H2,18,20,22). The topological polar surface area (TPSA) is 70.2 Å². The lowest BCUT2D eigenvalue weighted by atomic mass is 10.1. The Morgan fingerprint density at radius 3 is 2.27 bits per heavy atom. The van der Waals surface area contributed by atoms with Gasteiger partial charge in [-0.05, 0) is 35.9 Å². The molecule has 0 unspecified atom stereocenters. The zero-order chi connectivity index (χ0) is 15.9. The van der Waals surface area contributed by atoms with Crippen LogP contribution in [0.5, 0.6) is 0 Å². The van der Waals surface area contributed by atoms with Gasteiger partial charge in [0.25, 0.3) is 0 Å². The summed E-state index contributed by atoms with van der Waals surface area (Å²) in [6.45, 7) is 0. The Balaban J connectivity index is 1.79. The van der Waals surface area contributed by atoms with Gasteiger partial charge in [0, 0.05) is 5.69 Å². The molecule has 0 aliphatic carbocycles. The molecule has 3 amide bonds. The van der Waals surface area contributed by atoms with Crippen molar-refractivity contribution in [2.24, 2.45) is 0 Å². The molecule has 0 atom stereocenters. The van der Waals surface area contributed by atoms with E-state index in [0.29, 0.717) is 5.69 Å². The number of carbonyl (C=O) groups is 2. The van der Waals surface area contributed by atoms with Gasteiger partial charge in [0.2, 0.25) is 5.91 Å². The van der Waals surface area contributed by atoms with E-state index in [4.69, 9.17) is 0 Å². The largest absolute Gasteiger partial charge is 0.337 e. The van der Waals surface area contributed by atoms with Gasteiger partial charge < -0.3 is 5.32 Å². The molecule has 0 fully saturated rings. The number of rotatable bonds is 3. The average molecular weight is 305 g/mol. The van der Waals surface area contributed by atoms with Crippen LogP contribution in [0.3, 0.4) is 0 Å². The minimum absolute atomic E-state index is 0.205. The lowest BCUT2D eigenvalue weighted by Gasteiger charge is -2.09. The molecule has 0 aromatic heterocycles. The number of hydrazine groups is 1. The van der Waals surface area contributed by atoms with E-state index in [1.807, 2.05) is 0 Å². The van der Waals surface area contributed by atoms with Crippen molar-refractivity contribution in [1.82, 2.24) is 10.9 Å². The molecule has 114 valence electrons. The van der Waals surface area contributed by atoms with Gasteiger partial charge in [-0.1, -0.05) is 18.2 Å². The van der Waals surface area contributed by atoms with E-state index in [9.17, 15) is 18.4 Å². The Kier molecular flexibility index (Phi) is 5.02. The van der Waals surface area contributed by atoms with Crippen LogP contribution in [0.1, 0.15) is 5.56 Å². The van der Waals surface area contributed by atoms with Crippen LogP contribution in [0.4, 0.5) is 19.3 Å². The summed E-state index contributed by atoms with van der Waals surface area (Å²) in [6, 6.07) is 10.3. The normalized spacial score (nSPS) is 9.91. The number of hydrogen-bond donors (Lipinski definition) is 3. The molecule has 0 aliphatic heterocycles. The molecule has 2 rings (SSSR count). The monoisotopic (exact) mass is 305 g/mol. The summed E-state index contributed by atoms with van der Waals surface area (Å²) in [6.07, 6.45) is -0.205. The molecule has 0 spiro atoms. The number of carbonyl (C=O) groups excluding carboxylic acids is 2. The van der Waals surface area contributed by atoms with Crippen molar-refractivity contribution in [2.45, 2.75) is 6.42 Å². The third-order valence-corrected chi connectivity index (χ3v) is 2.73. The highest BCUT2D eigenvalue weighted by atomic mass is 19.1. The molecule has 5 nitrogen and oxygen atoms in total. The molecule has 22 heavy (non-hydrogen) atoms. The van der Waals surface area contributed by atoms with Crippen LogP contribution in [0, 0.1) is 11.6 Å². The number of anilines is 1. The van der Waals surface area contributed by atoms with Crippen LogP contribution in [0.2, 0.25) is 0 Å². The van der Waals surface area contributed by atoms with Crippen LogP contribution in [0.25, 0.3) is 0 Å². The summed E-state index contributed by atoms with van der Waals surface area (Å²) >= 11 is 0. The molecule has 3 N–H and O–H groups in total. The molecule has 0 heterocycles. The van der Waals surface area contributed by atoms with Gasteiger partial charge in [0.15, 0.2) is 0 Å². The highest BCUT2D eigenvalue weighted by Crippen LogP contribution is 2.08. The SMILES string of the molecule is O=C(Cc1ccccc1F)NNC(=O)Nc1ccc(F)cc1. The molecular weight excluding hydrogens is 292 g/mol. The highest BCUT2D eigenvalue weighted by molar-refractivity contribution is 5.91. The van der Waals surface area contributed by atoms with Crippen molar-refractivity contribution in [3.05, 3.63) is 65.7 Å². The van der Waals surface area contributed by atoms with Gasteiger partial charge in [0.1, 0.15) is 11.6 Å². The maximum atomic E-state index is 13.4. The minimum Gasteiger partial charge on any atom is -0.307 e. The highest BCUT2D eigenvalue weighted by Gasteiger charge is 2.08. The van der Waals surface area contributed by atoms with Gasteiger partial charge >= 0.3 is 6.03 Å². The smallest absolute Gasteiger partial charge is 0.307 e. The Hall–Kier alpha value is -2.96. The minimum atomic E-state index is -0.700. The van der Waals surface area contributed by atoms with Gasteiger partial charge in [-0.25, -0.2) is 19.0 Å². The first-order valence-electron chi connectivity index (χ1n) is 6.39. The van der Waals surface area contributed by atoms with Crippen molar-refractivity contribution in [3.63, 3.8) is 0 Å². The van der Waals surface area contributed by atoms with Crippen molar-refractivity contribution >= 4 is 17.6 Å². The van der Waals surface area contributed by atoms with E-state index in [0.717, 1.165) is 0 Å². The third-order valence-electron chi connectivity index (χ3n) is 2.73. The molecule has 0 saturated carbocycles. The Morgan fingerprint density at radius 2 is 1.59 bits per heavy atom. The van der Waals surface area contributed by atoms with Crippen molar-refractivity contribution < 1.29 is 18.4 Å². The quantitative estimate of drug-likeness (QED) is 0.762. The van der Waals surface area contributed by atoms with E-state index < -0.39 is 23.6 Å². The number of halogens is 2.